The van der Waals surface area contributed by atoms with E-state index >= 15 is 0 Å². The topological polar surface area (TPSA) is 50.2 Å². The number of imidazole rings is 1. The molecular weight excluding hydrogens is 312 g/mol. The normalized spacial score (nSPS) is 10.8. The zero-order valence-electron chi connectivity index (χ0n) is 13.8. The second kappa shape index (κ2) is 8.02. The highest BCUT2D eigenvalue weighted by Crippen LogP contribution is 2.14. The molecule has 1 N–H and O–H groups in total. The Bertz CT molecular complexity index is 654. The summed E-state index contributed by atoms with van der Waals surface area (Å²) < 4.78 is 2.04. The first kappa shape index (κ1) is 17.3. The number of nitrogens with zero attached hydrogens (tertiary/aromatic N) is 3. The summed E-state index contributed by atoms with van der Waals surface area (Å²) in [5.74, 6) is 0.852. The van der Waals surface area contributed by atoms with E-state index in [4.69, 9.17) is 11.6 Å². The van der Waals surface area contributed by atoms with Crippen molar-refractivity contribution in [2.75, 3.05) is 6.54 Å². The molecule has 5 nitrogen and oxygen atoms in total. The van der Waals surface area contributed by atoms with E-state index in [-0.39, 0.29) is 12.1 Å². The Morgan fingerprint density at radius 1 is 1.43 bits per heavy atom. The Labute approximate surface area is 142 Å². The molecule has 0 atom stereocenters. The molecule has 0 saturated carbocycles. The van der Waals surface area contributed by atoms with E-state index in [0.717, 1.165) is 16.4 Å². The van der Waals surface area contributed by atoms with Gasteiger partial charge in [0, 0.05) is 36.5 Å². The van der Waals surface area contributed by atoms with Crippen LogP contribution >= 0.6 is 11.6 Å². The van der Waals surface area contributed by atoms with Gasteiger partial charge in [0.15, 0.2) is 0 Å². The predicted molar refractivity (Wildman–Crippen MR) is 92.5 cm³/mol. The first-order chi connectivity index (χ1) is 11.0. The van der Waals surface area contributed by atoms with Crippen molar-refractivity contribution in [2.24, 2.45) is 0 Å². The van der Waals surface area contributed by atoms with Crippen molar-refractivity contribution in [1.82, 2.24) is 19.8 Å². The smallest absolute Gasteiger partial charge is 0.318 e. The van der Waals surface area contributed by atoms with Crippen LogP contribution in [-0.2, 0) is 13.1 Å². The highest BCUT2D eigenvalue weighted by Gasteiger charge is 2.18. The quantitative estimate of drug-likeness (QED) is 0.878. The van der Waals surface area contributed by atoms with Crippen LogP contribution in [-0.4, -0.2) is 33.1 Å². The van der Waals surface area contributed by atoms with Crippen LogP contribution in [0.5, 0.6) is 0 Å². The van der Waals surface area contributed by atoms with Crippen LogP contribution in [0.1, 0.15) is 32.2 Å². The predicted octanol–water partition coefficient (Wildman–Crippen LogP) is 3.52. The van der Waals surface area contributed by atoms with Gasteiger partial charge in [-0.2, -0.15) is 0 Å². The van der Waals surface area contributed by atoms with Gasteiger partial charge in [-0.05, 0) is 38.5 Å². The molecule has 1 heterocycles. The Morgan fingerprint density at radius 3 is 2.87 bits per heavy atom. The zero-order chi connectivity index (χ0) is 16.8. The van der Waals surface area contributed by atoms with Gasteiger partial charge in [0.25, 0.3) is 0 Å². The molecule has 0 radical (unpaired) electrons. The first-order valence-electron chi connectivity index (χ1n) is 7.80. The molecule has 2 rings (SSSR count). The van der Waals surface area contributed by atoms with E-state index in [1.807, 2.05) is 55.8 Å². The summed E-state index contributed by atoms with van der Waals surface area (Å²) in [4.78, 5) is 18.4. The molecule has 23 heavy (non-hydrogen) atoms. The number of urea groups is 1. The summed E-state index contributed by atoms with van der Waals surface area (Å²) in [6.07, 6.45) is 3.68. The second-order valence-corrected chi connectivity index (χ2v) is 6.09. The molecule has 124 valence electrons. The van der Waals surface area contributed by atoms with E-state index in [2.05, 4.69) is 10.3 Å². The summed E-state index contributed by atoms with van der Waals surface area (Å²) in [6.45, 7) is 7.67. The lowest BCUT2D eigenvalue weighted by Gasteiger charge is -2.26. The fourth-order valence-corrected chi connectivity index (χ4v) is 2.57. The Balaban J connectivity index is 2.14. The maximum Gasteiger partial charge on any atom is 0.318 e. The van der Waals surface area contributed by atoms with Crippen molar-refractivity contribution in [1.29, 1.82) is 0 Å². The Hall–Kier alpha value is -2.01. The van der Waals surface area contributed by atoms with Gasteiger partial charge in [0.05, 0.1) is 6.54 Å². The van der Waals surface area contributed by atoms with Crippen LogP contribution in [0.2, 0.25) is 5.02 Å². The van der Waals surface area contributed by atoms with Crippen LogP contribution in [0.25, 0.3) is 0 Å². The summed E-state index contributed by atoms with van der Waals surface area (Å²) in [6, 6.07) is 7.78. The number of amides is 2. The van der Waals surface area contributed by atoms with Crippen molar-refractivity contribution in [3.8, 4) is 0 Å². The van der Waals surface area contributed by atoms with Gasteiger partial charge in [0.1, 0.15) is 5.82 Å². The molecule has 2 aromatic rings. The first-order valence-corrected chi connectivity index (χ1v) is 8.18. The van der Waals surface area contributed by atoms with Crippen molar-refractivity contribution < 1.29 is 4.79 Å². The largest absolute Gasteiger partial charge is 0.338 e. The van der Waals surface area contributed by atoms with Gasteiger partial charge < -0.3 is 14.8 Å². The minimum atomic E-state index is -0.0696. The average Bonchev–Trinajstić information content (AvgIpc) is 2.91. The Kier molecular flexibility index (Phi) is 6.04. The lowest BCUT2D eigenvalue weighted by atomic mass is 10.2. The second-order valence-electron chi connectivity index (χ2n) is 5.66. The van der Waals surface area contributed by atoms with E-state index in [1.54, 1.807) is 11.1 Å². The van der Waals surface area contributed by atoms with Gasteiger partial charge in [-0.1, -0.05) is 23.7 Å². The summed E-state index contributed by atoms with van der Waals surface area (Å²) >= 11 is 6.04. The van der Waals surface area contributed by atoms with Crippen LogP contribution in [0, 0.1) is 0 Å². The van der Waals surface area contributed by atoms with Crippen molar-refractivity contribution >= 4 is 17.6 Å². The number of hydrogen-bond acceptors (Lipinski definition) is 2. The number of halogens is 1. The number of aromatic nitrogens is 2. The SMILES string of the molecule is CCNC(=O)N(Cc1nccn1Cc1cccc(Cl)c1)C(C)C. The molecule has 0 spiro atoms. The van der Waals surface area contributed by atoms with E-state index in [1.165, 1.54) is 0 Å². The molecule has 1 aromatic heterocycles. The summed E-state index contributed by atoms with van der Waals surface area (Å²) in [5.41, 5.74) is 1.10. The maximum atomic E-state index is 12.2. The molecule has 0 aliphatic carbocycles. The number of carbonyl (C=O) groups is 1. The molecule has 0 unspecified atom stereocenters. The third-order valence-corrected chi connectivity index (χ3v) is 3.80. The standard InChI is InChI=1S/C17H23ClN4O/c1-4-19-17(23)22(13(2)3)12-16-20-8-9-21(16)11-14-6-5-7-15(18)10-14/h5-10,13H,4,11-12H2,1-3H3,(H,19,23). The molecule has 0 fully saturated rings. The molecule has 1 aromatic carbocycles. The molecule has 2 amide bonds. The number of carbonyl (C=O) groups excluding carboxylic acids is 1. The average molecular weight is 335 g/mol. The minimum absolute atomic E-state index is 0.0696. The molecule has 0 saturated heterocycles. The summed E-state index contributed by atoms with van der Waals surface area (Å²) in [7, 11) is 0. The van der Waals surface area contributed by atoms with Crippen LogP contribution in [0.15, 0.2) is 36.7 Å². The van der Waals surface area contributed by atoms with Gasteiger partial charge in [-0.3, -0.25) is 0 Å². The monoisotopic (exact) mass is 334 g/mol. The summed E-state index contributed by atoms with van der Waals surface area (Å²) in [5, 5.41) is 3.57. The molecule has 0 aliphatic heterocycles. The van der Waals surface area contributed by atoms with Crippen LogP contribution < -0.4 is 5.32 Å². The highest BCUT2D eigenvalue weighted by atomic mass is 35.5. The van der Waals surface area contributed by atoms with Crippen molar-refractivity contribution in [3.05, 3.63) is 53.1 Å². The van der Waals surface area contributed by atoms with Gasteiger partial charge >= 0.3 is 6.03 Å². The minimum Gasteiger partial charge on any atom is -0.338 e. The molecule has 0 aliphatic rings. The maximum absolute atomic E-state index is 12.2. The number of rotatable bonds is 6. The number of hydrogen-bond donors (Lipinski definition) is 1. The van der Waals surface area contributed by atoms with Gasteiger partial charge in [-0.25, -0.2) is 9.78 Å². The number of benzene rings is 1. The lowest BCUT2D eigenvalue weighted by Crippen LogP contribution is -2.43. The van der Waals surface area contributed by atoms with Crippen molar-refractivity contribution in [2.45, 2.75) is 39.9 Å². The molecule has 6 heteroatoms. The third-order valence-electron chi connectivity index (χ3n) is 3.57. The van der Waals surface area contributed by atoms with E-state index < -0.39 is 0 Å². The zero-order valence-corrected chi connectivity index (χ0v) is 14.5. The van der Waals surface area contributed by atoms with Gasteiger partial charge in [0.2, 0.25) is 0 Å². The molecule has 0 bridgehead atoms. The third kappa shape index (κ3) is 4.73. The van der Waals surface area contributed by atoms with Crippen LogP contribution in [0.3, 0.4) is 0 Å². The fraction of sp³-hybridized carbons (Fsp3) is 0.412. The molecular formula is C17H23ClN4O. The lowest BCUT2D eigenvalue weighted by molar-refractivity contribution is 0.177. The number of nitrogens with one attached hydrogen (secondary N) is 1. The van der Waals surface area contributed by atoms with Crippen molar-refractivity contribution in [3.63, 3.8) is 0 Å². The van der Waals surface area contributed by atoms with E-state index in [0.29, 0.717) is 19.6 Å². The Morgan fingerprint density at radius 2 is 2.22 bits per heavy atom. The van der Waals surface area contributed by atoms with Gasteiger partial charge in [-0.15, -0.1) is 0 Å². The highest BCUT2D eigenvalue weighted by molar-refractivity contribution is 6.30. The fourth-order valence-electron chi connectivity index (χ4n) is 2.36. The van der Waals surface area contributed by atoms with Crippen LogP contribution in [0.4, 0.5) is 4.79 Å². The van der Waals surface area contributed by atoms with E-state index in [9.17, 15) is 4.79 Å².